The van der Waals surface area contributed by atoms with Crippen molar-refractivity contribution in [2.24, 2.45) is 5.92 Å². The maximum Gasteiger partial charge on any atom is 0.267 e. The molecule has 6 heteroatoms. The number of hydrogen-bond acceptors (Lipinski definition) is 3. The number of carbonyl (C=O) groups excluding carboxylic acids is 1. The van der Waals surface area contributed by atoms with Crippen molar-refractivity contribution in [3.8, 4) is 5.75 Å². The number of hydrogen-bond donors (Lipinski definition) is 1. The lowest BCUT2D eigenvalue weighted by atomic mass is 10.2. The minimum atomic E-state index is 0.00863. The molecule has 1 amide bonds. The van der Waals surface area contributed by atoms with E-state index in [0.29, 0.717) is 12.5 Å². The lowest BCUT2D eigenvalue weighted by molar-refractivity contribution is 0.0943. The molecule has 1 aliphatic carbocycles. The quantitative estimate of drug-likeness (QED) is 0.632. The van der Waals surface area contributed by atoms with Gasteiger partial charge in [-0.3, -0.25) is 4.79 Å². The Hall–Kier alpha value is -1.79. The average Bonchev–Trinajstić information content (AvgIpc) is 3.29. The monoisotopic (exact) mass is 418 g/mol. The second-order valence-corrected chi connectivity index (χ2v) is 8.88. The number of carbonyl (C=O) groups is 1. The van der Waals surface area contributed by atoms with Crippen LogP contribution in [0.4, 0.5) is 0 Å². The Morgan fingerprint density at radius 2 is 2.20 bits per heavy atom. The van der Waals surface area contributed by atoms with Crippen LogP contribution < -0.4 is 10.1 Å². The van der Waals surface area contributed by atoms with Gasteiger partial charge in [-0.15, -0.1) is 11.3 Å². The zero-order chi connectivity index (χ0) is 17.4. The Balaban J connectivity index is 1.68. The maximum atomic E-state index is 12.7. The molecule has 1 N–H and O–H groups in total. The predicted molar refractivity (Wildman–Crippen MR) is 105 cm³/mol. The van der Waals surface area contributed by atoms with Crippen molar-refractivity contribution in [1.82, 2.24) is 9.88 Å². The summed E-state index contributed by atoms with van der Waals surface area (Å²) in [7, 11) is 1.67. The van der Waals surface area contributed by atoms with E-state index < -0.39 is 0 Å². The molecule has 2 aromatic heterocycles. The van der Waals surface area contributed by atoms with Crippen molar-refractivity contribution in [2.75, 3.05) is 13.7 Å². The van der Waals surface area contributed by atoms with Crippen LogP contribution in [0.2, 0.25) is 0 Å². The zero-order valence-electron chi connectivity index (χ0n) is 13.9. The molecule has 0 bridgehead atoms. The summed E-state index contributed by atoms with van der Waals surface area (Å²) in [6.45, 7) is 1.41. The molecule has 4 rings (SSSR count). The topological polar surface area (TPSA) is 43.3 Å². The Kier molecular flexibility index (Phi) is 4.56. The number of benzene rings is 1. The Labute approximate surface area is 158 Å². The highest BCUT2D eigenvalue weighted by atomic mass is 79.9. The van der Waals surface area contributed by atoms with Gasteiger partial charge < -0.3 is 14.6 Å². The normalized spacial score (nSPS) is 14.0. The summed E-state index contributed by atoms with van der Waals surface area (Å²) in [5.41, 5.74) is 2.91. The molecule has 4 nitrogen and oxygen atoms in total. The van der Waals surface area contributed by atoms with Crippen molar-refractivity contribution in [2.45, 2.75) is 19.4 Å². The molecule has 25 heavy (non-hydrogen) atoms. The molecule has 1 aromatic carbocycles. The van der Waals surface area contributed by atoms with E-state index in [4.69, 9.17) is 4.74 Å². The maximum absolute atomic E-state index is 12.7. The van der Waals surface area contributed by atoms with Crippen LogP contribution in [0, 0.1) is 5.92 Å². The number of nitrogens with zero attached hydrogens (tertiary/aromatic N) is 1. The van der Waals surface area contributed by atoms with Crippen LogP contribution in [-0.4, -0.2) is 24.1 Å². The first-order valence-corrected chi connectivity index (χ1v) is 9.94. The third-order valence-corrected chi connectivity index (χ3v) is 6.09. The van der Waals surface area contributed by atoms with Crippen molar-refractivity contribution in [3.05, 3.63) is 51.4 Å². The van der Waals surface area contributed by atoms with E-state index in [1.165, 1.54) is 12.8 Å². The van der Waals surface area contributed by atoms with Gasteiger partial charge in [-0.1, -0.05) is 12.1 Å². The molecule has 0 atom stereocenters. The molecule has 1 fully saturated rings. The fraction of sp³-hybridized carbons (Fsp3) is 0.316. The highest BCUT2D eigenvalue weighted by Crippen LogP contribution is 2.33. The number of nitrogens with one attached hydrogen (secondary N) is 1. The third-order valence-electron chi connectivity index (χ3n) is 4.52. The number of ether oxygens (including phenoxy) is 1. The molecule has 2 heterocycles. The highest BCUT2D eigenvalue weighted by Gasteiger charge is 2.23. The zero-order valence-corrected chi connectivity index (χ0v) is 16.3. The summed E-state index contributed by atoms with van der Waals surface area (Å²) < 4.78 is 9.60. The van der Waals surface area contributed by atoms with Crippen molar-refractivity contribution in [3.63, 3.8) is 0 Å². The highest BCUT2D eigenvalue weighted by molar-refractivity contribution is 9.11. The summed E-state index contributed by atoms with van der Waals surface area (Å²) in [6, 6.07) is 12.1. The van der Waals surface area contributed by atoms with Crippen LogP contribution in [0.25, 0.3) is 10.2 Å². The van der Waals surface area contributed by atoms with Gasteiger partial charge in [-0.2, -0.15) is 0 Å². The van der Waals surface area contributed by atoms with Crippen LogP contribution in [0.3, 0.4) is 0 Å². The Bertz CT molecular complexity index is 927. The van der Waals surface area contributed by atoms with Crippen LogP contribution >= 0.6 is 27.3 Å². The number of aromatic nitrogens is 1. The average molecular weight is 419 g/mol. The smallest absolute Gasteiger partial charge is 0.267 e. The number of amides is 1. The largest absolute Gasteiger partial charge is 0.497 e. The standard InChI is InChI=1S/C19H19BrN2O2S/c1-24-14-4-2-3-13(7-14)11-22-15-9-18(20)25-17(15)8-16(22)19(23)21-10-12-5-6-12/h2-4,7-9,12H,5-6,10-11H2,1H3,(H,21,23). The van der Waals surface area contributed by atoms with E-state index >= 15 is 0 Å². The van der Waals surface area contributed by atoms with Gasteiger partial charge >= 0.3 is 0 Å². The van der Waals surface area contributed by atoms with Gasteiger partial charge in [0, 0.05) is 13.1 Å². The molecule has 1 aliphatic rings. The van der Waals surface area contributed by atoms with Gasteiger partial charge in [0.05, 0.1) is 21.1 Å². The SMILES string of the molecule is COc1cccc(Cn2c(C(=O)NCC3CC3)cc3sc(Br)cc32)c1. The fourth-order valence-corrected chi connectivity index (χ4v) is 4.54. The number of halogens is 1. The lowest BCUT2D eigenvalue weighted by Crippen LogP contribution is -2.27. The minimum Gasteiger partial charge on any atom is -0.497 e. The molecule has 1 saturated carbocycles. The van der Waals surface area contributed by atoms with E-state index in [2.05, 4.69) is 37.9 Å². The summed E-state index contributed by atoms with van der Waals surface area (Å²) in [5, 5.41) is 3.08. The third kappa shape index (κ3) is 3.60. The molecule has 0 unspecified atom stereocenters. The van der Waals surface area contributed by atoms with Gasteiger partial charge in [0.2, 0.25) is 0 Å². The van der Waals surface area contributed by atoms with Gasteiger partial charge in [0.25, 0.3) is 5.91 Å². The van der Waals surface area contributed by atoms with Gasteiger partial charge in [0.15, 0.2) is 0 Å². The molecular weight excluding hydrogens is 400 g/mol. The van der Waals surface area contributed by atoms with Crippen molar-refractivity contribution < 1.29 is 9.53 Å². The van der Waals surface area contributed by atoms with Crippen LogP contribution in [0.15, 0.2) is 40.2 Å². The first-order valence-electron chi connectivity index (χ1n) is 8.34. The number of thiophene rings is 1. The first-order chi connectivity index (χ1) is 12.1. The minimum absolute atomic E-state index is 0.00863. The molecule has 3 aromatic rings. The van der Waals surface area contributed by atoms with Crippen LogP contribution in [-0.2, 0) is 6.54 Å². The van der Waals surface area contributed by atoms with E-state index in [-0.39, 0.29) is 5.91 Å². The Morgan fingerprint density at radius 1 is 1.36 bits per heavy atom. The molecule has 0 spiro atoms. The molecule has 0 aliphatic heterocycles. The van der Waals surface area contributed by atoms with Gasteiger partial charge in [-0.25, -0.2) is 0 Å². The van der Waals surface area contributed by atoms with Crippen LogP contribution in [0.1, 0.15) is 28.9 Å². The van der Waals surface area contributed by atoms with Gasteiger partial charge in [-0.05, 0) is 64.5 Å². The fourth-order valence-electron chi connectivity index (χ4n) is 2.97. The summed E-state index contributed by atoms with van der Waals surface area (Å²) in [5.74, 6) is 1.50. The lowest BCUT2D eigenvalue weighted by Gasteiger charge is -2.12. The van der Waals surface area contributed by atoms with Gasteiger partial charge in [0.1, 0.15) is 11.4 Å². The second kappa shape index (κ2) is 6.84. The van der Waals surface area contributed by atoms with E-state index in [1.807, 2.05) is 24.3 Å². The van der Waals surface area contributed by atoms with E-state index in [9.17, 15) is 4.79 Å². The van der Waals surface area contributed by atoms with Crippen LogP contribution in [0.5, 0.6) is 5.75 Å². The first kappa shape index (κ1) is 16.7. The Morgan fingerprint density at radius 3 is 2.96 bits per heavy atom. The van der Waals surface area contributed by atoms with Crippen molar-refractivity contribution in [1.29, 1.82) is 0 Å². The predicted octanol–water partition coefficient (Wildman–Crippen LogP) is 4.66. The molecule has 0 radical (unpaired) electrons. The second-order valence-electron chi connectivity index (χ2n) is 6.42. The number of rotatable bonds is 6. The summed E-state index contributed by atoms with van der Waals surface area (Å²) >= 11 is 5.20. The number of methoxy groups -OCH3 is 1. The van der Waals surface area contributed by atoms with E-state index in [0.717, 1.165) is 37.6 Å². The van der Waals surface area contributed by atoms with Crippen molar-refractivity contribution >= 4 is 43.4 Å². The molecule has 130 valence electrons. The molecule has 0 saturated heterocycles. The summed E-state index contributed by atoms with van der Waals surface area (Å²) in [6.07, 6.45) is 2.46. The molecular formula is C19H19BrN2O2S. The number of fused-ring (bicyclic) bond motifs is 1. The van der Waals surface area contributed by atoms with E-state index in [1.54, 1.807) is 18.4 Å². The summed E-state index contributed by atoms with van der Waals surface area (Å²) in [4.78, 5) is 12.7.